The summed E-state index contributed by atoms with van der Waals surface area (Å²) in [5.41, 5.74) is -0.945. The van der Waals surface area contributed by atoms with Gasteiger partial charge < -0.3 is 0 Å². The normalized spacial score (nSPS) is 18.1. The van der Waals surface area contributed by atoms with Crippen molar-refractivity contribution < 1.29 is 8.76 Å². The van der Waals surface area contributed by atoms with Crippen LogP contribution in [0.3, 0.4) is 0 Å². The molecule has 0 spiro atoms. The van der Waals surface area contributed by atoms with Crippen molar-refractivity contribution in [2.24, 2.45) is 0 Å². The van der Waals surface area contributed by atoms with Crippen molar-refractivity contribution in [2.75, 3.05) is 0 Å². The molecule has 0 aliphatic rings. The van der Waals surface area contributed by atoms with Gasteiger partial charge in [0.05, 0.1) is 0 Å². The van der Waals surface area contributed by atoms with E-state index in [1.54, 1.807) is 0 Å². The van der Waals surface area contributed by atoms with E-state index >= 15 is 0 Å². The SMILES string of the molecule is CCCC(Cl)N(C(Cl)CCC)S(=O)O. The molecule has 86 valence electrons. The first-order chi connectivity index (χ1) is 6.54. The third kappa shape index (κ3) is 4.94. The van der Waals surface area contributed by atoms with Crippen molar-refractivity contribution in [3.8, 4) is 0 Å². The molecule has 0 heterocycles. The lowest BCUT2D eigenvalue weighted by Gasteiger charge is -2.27. The number of nitrogens with zero attached hydrogens (tertiary/aromatic N) is 1. The van der Waals surface area contributed by atoms with E-state index in [4.69, 9.17) is 27.8 Å². The van der Waals surface area contributed by atoms with Crippen molar-refractivity contribution in [3.63, 3.8) is 0 Å². The van der Waals surface area contributed by atoms with Crippen molar-refractivity contribution in [1.29, 1.82) is 0 Å². The molecule has 0 fully saturated rings. The highest BCUT2D eigenvalue weighted by Gasteiger charge is 2.26. The highest BCUT2D eigenvalue weighted by atomic mass is 35.5. The Morgan fingerprint density at radius 2 is 1.57 bits per heavy atom. The Balaban J connectivity index is 4.33. The Morgan fingerprint density at radius 1 is 1.21 bits per heavy atom. The maximum atomic E-state index is 11.0. The number of halogens is 2. The molecule has 0 rings (SSSR count). The highest BCUT2D eigenvalue weighted by molar-refractivity contribution is 7.76. The smallest absolute Gasteiger partial charge is 0.237 e. The minimum absolute atomic E-state index is 0.472. The van der Waals surface area contributed by atoms with Gasteiger partial charge in [-0.15, -0.1) is 23.2 Å². The number of hydrogen-bond donors (Lipinski definition) is 1. The number of rotatable bonds is 7. The first-order valence-electron chi connectivity index (χ1n) is 4.72. The molecule has 14 heavy (non-hydrogen) atoms. The van der Waals surface area contributed by atoms with Crippen LogP contribution in [-0.2, 0) is 11.3 Å². The van der Waals surface area contributed by atoms with Crippen LogP contribution < -0.4 is 0 Å². The van der Waals surface area contributed by atoms with Crippen LogP contribution in [0.5, 0.6) is 0 Å². The Kier molecular flexibility index (Phi) is 8.25. The van der Waals surface area contributed by atoms with Crippen molar-refractivity contribution in [3.05, 3.63) is 0 Å². The minimum Gasteiger partial charge on any atom is -0.294 e. The molecule has 0 aliphatic heterocycles. The van der Waals surface area contributed by atoms with Crippen molar-refractivity contribution in [1.82, 2.24) is 4.31 Å². The van der Waals surface area contributed by atoms with Crippen LogP contribution in [0.1, 0.15) is 39.5 Å². The third-order valence-corrected chi connectivity index (χ3v) is 3.74. The molecular formula is C8H17Cl2NO2S. The van der Waals surface area contributed by atoms with Gasteiger partial charge in [-0.25, -0.2) is 4.21 Å². The van der Waals surface area contributed by atoms with Crippen LogP contribution in [0.2, 0.25) is 0 Å². The lowest BCUT2D eigenvalue weighted by molar-refractivity contribution is 0.330. The topological polar surface area (TPSA) is 40.5 Å². The second-order valence-electron chi connectivity index (χ2n) is 3.04. The average molecular weight is 262 g/mol. The van der Waals surface area contributed by atoms with Gasteiger partial charge in [0.25, 0.3) is 0 Å². The van der Waals surface area contributed by atoms with Crippen molar-refractivity contribution >= 4 is 34.5 Å². The van der Waals surface area contributed by atoms with Gasteiger partial charge in [-0.05, 0) is 12.8 Å². The molecule has 3 nitrogen and oxygen atoms in total. The summed E-state index contributed by atoms with van der Waals surface area (Å²) in [6.07, 6.45) is 3.02. The van der Waals surface area contributed by atoms with Crippen LogP contribution in [0.4, 0.5) is 0 Å². The molecule has 0 aromatic carbocycles. The van der Waals surface area contributed by atoms with E-state index < -0.39 is 22.3 Å². The molecule has 0 amide bonds. The van der Waals surface area contributed by atoms with Gasteiger partial charge in [0.2, 0.25) is 11.3 Å². The van der Waals surface area contributed by atoms with Crippen molar-refractivity contribution in [2.45, 2.75) is 50.5 Å². The zero-order valence-electron chi connectivity index (χ0n) is 8.45. The molecule has 0 aromatic rings. The summed E-state index contributed by atoms with van der Waals surface area (Å²) in [4.78, 5) is 0. The van der Waals surface area contributed by atoms with Gasteiger partial charge in [0.15, 0.2) is 0 Å². The van der Waals surface area contributed by atoms with Crippen LogP contribution in [0, 0.1) is 0 Å². The quantitative estimate of drug-likeness (QED) is 0.435. The fourth-order valence-electron chi connectivity index (χ4n) is 1.10. The molecule has 0 radical (unpaired) electrons. The number of hydrogen-bond acceptors (Lipinski definition) is 1. The van der Waals surface area contributed by atoms with Gasteiger partial charge in [-0.1, -0.05) is 26.7 Å². The van der Waals surface area contributed by atoms with Gasteiger partial charge in [0.1, 0.15) is 11.0 Å². The molecule has 0 bridgehead atoms. The van der Waals surface area contributed by atoms with Crippen LogP contribution in [0.25, 0.3) is 0 Å². The predicted octanol–water partition coefficient (Wildman–Crippen LogP) is 3.16. The monoisotopic (exact) mass is 261 g/mol. The molecule has 0 aliphatic carbocycles. The largest absolute Gasteiger partial charge is 0.294 e. The van der Waals surface area contributed by atoms with E-state index in [0.29, 0.717) is 12.8 Å². The second kappa shape index (κ2) is 7.88. The van der Waals surface area contributed by atoms with E-state index in [1.165, 1.54) is 4.31 Å². The summed E-state index contributed by atoms with van der Waals surface area (Å²) in [5.74, 6) is 0. The molecule has 0 saturated heterocycles. The predicted molar refractivity (Wildman–Crippen MR) is 61.7 cm³/mol. The molecule has 0 saturated carbocycles. The van der Waals surface area contributed by atoms with E-state index in [0.717, 1.165) is 12.8 Å². The Bertz CT molecular complexity index is 171. The third-order valence-electron chi connectivity index (χ3n) is 1.79. The van der Waals surface area contributed by atoms with Gasteiger partial charge in [-0.3, -0.25) is 4.55 Å². The summed E-state index contributed by atoms with van der Waals surface area (Å²) in [5, 5.41) is 0. The summed E-state index contributed by atoms with van der Waals surface area (Å²) in [6.45, 7) is 3.94. The zero-order valence-corrected chi connectivity index (χ0v) is 10.8. The standard InChI is InChI=1S/C8H17Cl2NO2S/c1-3-5-7(9)11(14(12)13)8(10)6-4-2/h7-8H,3-6H2,1-2H3,(H,12,13). The van der Waals surface area contributed by atoms with E-state index in [9.17, 15) is 4.21 Å². The minimum atomic E-state index is -2.10. The first-order valence-corrected chi connectivity index (χ1v) is 6.65. The number of alkyl halides is 2. The van der Waals surface area contributed by atoms with Gasteiger partial charge >= 0.3 is 0 Å². The second-order valence-corrected chi connectivity index (χ2v) is 4.93. The summed E-state index contributed by atoms with van der Waals surface area (Å²) >= 11 is 9.82. The summed E-state index contributed by atoms with van der Waals surface area (Å²) < 4.78 is 21.3. The first kappa shape index (κ1) is 14.6. The molecule has 3 atom stereocenters. The fraction of sp³-hybridized carbons (Fsp3) is 1.00. The fourth-order valence-corrected chi connectivity index (χ4v) is 2.88. The van der Waals surface area contributed by atoms with E-state index in [2.05, 4.69) is 0 Å². The molecule has 6 heteroatoms. The van der Waals surface area contributed by atoms with Crippen LogP contribution in [0.15, 0.2) is 0 Å². The lowest BCUT2D eigenvalue weighted by atomic mass is 10.3. The Hall–Kier alpha value is 0.650. The van der Waals surface area contributed by atoms with E-state index in [-0.39, 0.29) is 0 Å². The lowest BCUT2D eigenvalue weighted by Crippen LogP contribution is -2.38. The summed E-state index contributed by atoms with van der Waals surface area (Å²) in [7, 11) is 0. The molecular weight excluding hydrogens is 245 g/mol. The molecule has 3 unspecified atom stereocenters. The maximum absolute atomic E-state index is 11.0. The van der Waals surface area contributed by atoms with Crippen LogP contribution >= 0.6 is 23.2 Å². The Morgan fingerprint density at radius 3 is 1.79 bits per heavy atom. The van der Waals surface area contributed by atoms with Gasteiger partial charge in [0, 0.05) is 0 Å². The molecule has 0 aromatic heterocycles. The highest BCUT2D eigenvalue weighted by Crippen LogP contribution is 2.21. The van der Waals surface area contributed by atoms with Crippen LogP contribution in [-0.4, -0.2) is 24.1 Å². The summed E-state index contributed by atoms with van der Waals surface area (Å²) in [6, 6.07) is 0. The molecule has 1 N–H and O–H groups in total. The average Bonchev–Trinajstić information content (AvgIpc) is 2.04. The van der Waals surface area contributed by atoms with Gasteiger partial charge in [-0.2, -0.15) is 4.31 Å². The Labute approximate surface area is 98.2 Å². The maximum Gasteiger partial charge on any atom is 0.237 e. The van der Waals surface area contributed by atoms with E-state index in [1.807, 2.05) is 13.8 Å². The zero-order chi connectivity index (χ0) is 11.1.